The molecule has 114 valence electrons. The molecule has 4 nitrogen and oxygen atoms in total. The second kappa shape index (κ2) is 6.83. The van der Waals surface area contributed by atoms with Crippen LogP contribution in [0.4, 0.5) is 0 Å². The molecule has 2 heterocycles. The van der Waals surface area contributed by atoms with Crippen LogP contribution in [0.2, 0.25) is 0 Å². The molecular formula is C19H15NO3. The number of nitrogens with zero attached hydrogens (tertiary/aromatic N) is 1. The van der Waals surface area contributed by atoms with E-state index in [9.17, 15) is 9.59 Å². The van der Waals surface area contributed by atoms with Gasteiger partial charge in [-0.25, -0.2) is 0 Å². The highest BCUT2D eigenvalue weighted by molar-refractivity contribution is 6.05. The van der Waals surface area contributed by atoms with Crippen LogP contribution in [0.3, 0.4) is 0 Å². The van der Waals surface area contributed by atoms with Gasteiger partial charge >= 0.3 is 0 Å². The van der Waals surface area contributed by atoms with Crippen molar-refractivity contribution in [2.45, 2.75) is 12.3 Å². The minimum atomic E-state index is -0.651. The Bertz CT molecular complexity index is 780. The molecule has 0 fully saturated rings. The van der Waals surface area contributed by atoms with Crippen LogP contribution >= 0.6 is 0 Å². The third kappa shape index (κ3) is 3.43. The number of hydrogen-bond acceptors (Lipinski definition) is 4. The highest BCUT2D eigenvalue weighted by Crippen LogP contribution is 2.26. The summed E-state index contributed by atoms with van der Waals surface area (Å²) >= 11 is 0. The van der Waals surface area contributed by atoms with Gasteiger partial charge in [-0.2, -0.15) is 0 Å². The number of pyridine rings is 1. The van der Waals surface area contributed by atoms with E-state index in [1.807, 2.05) is 6.07 Å². The minimum absolute atomic E-state index is 0.0260. The molecule has 23 heavy (non-hydrogen) atoms. The lowest BCUT2D eigenvalue weighted by atomic mass is 9.90. The zero-order chi connectivity index (χ0) is 16.1. The van der Waals surface area contributed by atoms with Crippen LogP contribution in [0, 0.1) is 0 Å². The van der Waals surface area contributed by atoms with Gasteiger partial charge in [-0.3, -0.25) is 14.6 Å². The maximum absolute atomic E-state index is 12.8. The van der Waals surface area contributed by atoms with E-state index in [2.05, 4.69) is 4.98 Å². The molecule has 2 aromatic heterocycles. The van der Waals surface area contributed by atoms with Gasteiger partial charge in [0, 0.05) is 18.2 Å². The van der Waals surface area contributed by atoms with E-state index in [1.165, 1.54) is 6.26 Å². The lowest BCUT2D eigenvalue weighted by Crippen LogP contribution is -2.17. The predicted octanol–water partition coefficient (Wildman–Crippen LogP) is 3.91. The zero-order valence-corrected chi connectivity index (χ0v) is 12.4. The van der Waals surface area contributed by atoms with Gasteiger partial charge < -0.3 is 4.42 Å². The maximum atomic E-state index is 12.8. The topological polar surface area (TPSA) is 60.2 Å². The van der Waals surface area contributed by atoms with Crippen molar-refractivity contribution in [3.05, 3.63) is 90.1 Å². The van der Waals surface area contributed by atoms with Crippen LogP contribution in [0.15, 0.2) is 77.5 Å². The SMILES string of the molecule is O=C(CC(C(=O)c1ccccc1)c1ccco1)c1ccccn1. The van der Waals surface area contributed by atoms with E-state index in [-0.39, 0.29) is 18.0 Å². The molecule has 0 aliphatic carbocycles. The summed E-state index contributed by atoms with van der Waals surface area (Å²) in [6, 6.07) is 17.5. The van der Waals surface area contributed by atoms with Gasteiger partial charge in [0.1, 0.15) is 11.5 Å². The van der Waals surface area contributed by atoms with Crippen LogP contribution in [0.5, 0.6) is 0 Å². The zero-order valence-electron chi connectivity index (χ0n) is 12.4. The molecule has 1 aromatic carbocycles. The molecule has 0 amide bonds. The first-order chi connectivity index (χ1) is 11.3. The summed E-state index contributed by atoms with van der Waals surface area (Å²) in [5, 5.41) is 0. The fraction of sp³-hybridized carbons (Fsp3) is 0.105. The summed E-state index contributed by atoms with van der Waals surface area (Å²) in [5.41, 5.74) is 0.910. The lowest BCUT2D eigenvalue weighted by molar-refractivity contribution is 0.0881. The van der Waals surface area contributed by atoms with Crippen molar-refractivity contribution >= 4 is 11.6 Å². The number of Topliss-reactive ketones (excluding diaryl/α,β-unsaturated/α-hetero) is 2. The molecular weight excluding hydrogens is 290 g/mol. The third-order valence-corrected chi connectivity index (χ3v) is 3.60. The van der Waals surface area contributed by atoms with E-state index in [0.29, 0.717) is 17.0 Å². The second-order valence-electron chi connectivity index (χ2n) is 5.14. The number of rotatable bonds is 6. The van der Waals surface area contributed by atoms with Crippen molar-refractivity contribution in [2.75, 3.05) is 0 Å². The first kappa shape index (κ1) is 14.9. The smallest absolute Gasteiger partial charge is 0.182 e. The average molecular weight is 305 g/mol. The minimum Gasteiger partial charge on any atom is -0.469 e. The van der Waals surface area contributed by atoms with Crippen molar-refractivity contribution < 1.29 is 14.0 Å². The molecule has 1 atom stereocenters. The first-order valence-electron chi connectivity index (χ1n) is 7.32. The monoisotopic (exact) mass is 305 g/mol. The molecule has 0 spiro atoms. The highest BCUT2D eigenvalue weighted by atomic mass is 16.3. The standard InChI is InChI=1S/C19H15NO3/c21-17(16-9-4-5-11-20-16)13-15(18-10-6-12-23-18)19(22)14-7-2-1-3-8-14/h1-12,15H,13H2. The van der Waals surface area contributed by atoms with E-state index in [1.54, 1.807) is 60.8 Å². The van der Waals surface area contributed by atoms with Gasteiger partial charge in [0.15, 0.2) is 11.6 Å². The average Bonchev–Trinajstić information content (AvgIpc) is 3.15. The van der Waals surface area contributed by atoms with Gasteiger partial charge in [-0.1, -0.05) is 36.4 Å². The molecule has 3 aromatic rings. The molecule has 0 saturated carbocycles. The number of aromatic nitrogens is 1. The maximum Gasteiger partial charge on any atom is 0.182 e. The van der Waals surface area contributed by atoms with E-state index < -0.39 is 5.92 Å². The highest BCUT2D eigenvalue weighted by Gasteiger charge is 2.27. The fourth-order valence-corrected chi connectivity index (χ4v) is 2.43. The Morgan fingerprint density at radius 2 is 1.74 bits per heavy atom. The number of carbonyl (C=O) groups is 2. The molecule has 0 saturated heterocycles. The van der Waals surface area contributed by atoms with Crippen molar-refractivity contribution in [1.82, 2.24) is 4.98 Å². The van der Waals surface area contributed by atoms with E-state index in [4.69, 9.17) is 4.42 Å². The molecule has 0 N–H and O–H groups in total. The molecule has 0 bridgehead atoms. The second-order valence-corrected chi connectivity index (χ2v) is 5.14. The van der Waals surface area contributed by atoms with Gasteiger partial charge in [-0.15, -0.1) is 0 Å². The quantitative estimate of drug-likeness (QED) is 0.648. The summed E-state index contributed by atoms with van der Waals surface area (Å²) in [6.45, 7) is 0. The number of benzene rings is 1. The summed E-state index contributed by atoms with van der Waals surface area (Å²) in [6.07, 6.45) is 3.10. The molecule has 1 unspecified atom stereocenters. The summed E-state index contributed by atoms with van der Waals surface area (Å²) in [5.74, 6) is -0.480. The Balaban J connectivity index is 1.88. The van der Waals surface area contributed by atoms with Crippen LogP contribution in [0.1, 0.15) is 38.9 Å². The van der Waals surface area contributed by atoms with E-state index >= 15 is 0 Å². The Kier molecular flexibility index (Phi) is 4.43. The predicted molar refractivity (Wildman–Crippen MR) is 85.4 cm³/mol. The largest absolute Gasteiger partial charge is 0.469 e. The van der Waals surface area contributed by atoms with Crippen LogP contribution in [0.25, 0.3) is 0 Å². The third-order valence-electron chi connectivity index (χ3n) is 3.60. The van der Waals surface area contributed by atoms with Gasteiger partial charge in [0.25, 0.3) is 0 Å². The summed E-state index contributed by atoms with van der Waals surface area (Å²) in [4.78, 5) is 29.3. The van der Waals surface area contributed by atoms with Crippen molar-refractivity contribution in [2.24, 2.45) is 0 Å². The fourth-order valence-electron chi connectivity index (χ4n) is 2.43. The van der Waals surface area contributed by atoms with Crippen LogP contribution in [-0.2, 0) is 0 Å². The van der Waals surface area contributed by atoms with Gasteiger partial charge in [0.2, 0.25) is 0 Å². The van der Waals surface area contributed by atoms with Crippen molar-refractivity contribution in [1.29, 1.82) is 0 Å². The van der Waals surface area contributed by atoms with Gasteiger partial charge in [-0.05, 0) is 24.3 Å². The molecule has 0 radical (unpaired) electrons. The summed E-state index contributed by atoms with van der Waals surface area (Å²) < 4.78 is 5.38. The Labute approximate surface area is 133 Å². The number of furan rings is 1. The van der Waals surface area contributed by atoms with Crippen LogP contribution < -0.4 is 0 Å². The normalized spacial score (nSPS) is 11.8. The van der Waals surface area contributed by atoms with Crippen LogP contribution in [-0.4, -0.2) is 16.6 Å². The molecule has 0 aliphatic heterocycles. The Hall–Kier alpha value is -3.01. The Morgan fingerprint density at radius 1 is 0.957 bits per heavy atom. The molecule has 4 heteroatoms. The number of carbonyl (C=O) groups excluding carboxylic acids is 2. The molecule has 0 aliphatic rings. The Morgan fingerprint density at radius 3 is 2.39 bits per heavy atom. The van der Waals surface area contributed by atoms with Crippen molar-refractivity contribution in [3.63, 3.8) is 0 Å². The number of hydrogen-bond donors (Lipinski definition) is 0. The lowest BCUT2D eigenvalue weighted by Gasteiger charge is -2.13. The number of ketones is 2. The molecule has 3 rings (SSSR count). The van der Waals surface area contributed by atoms with Gasteiger partial charge in [0.05, 0.1) is 12.2 Å². The first-order valence-corrected chi connectivity index (χ1v) is 7.32. The summed E-state index contributed by atoms with van der Waals surface area (Å²) in [7, 11) is 0. The van der Waals surface area contributed by atoms with Crippen molar-refractivity contribution in [3.8, 4) is 0 Å². The van der Waals surface area contributed by atoms with E-state index in [0.717, 1.165) is 0 Å².